The van der Waals surface area contributed by atoms with Gasteiger partial charge in [-0.05, 0) is 35.4 Å². The number of hydrogen-bond donors (Lipinski definition) is 2. The number of hydrogen-bond acceptors (Lipinski definition) is 5. The van der Waals surface area contributed by atoms with Crippen molar-refractivity contribution in [3.05, 3.63) is 38.2 Å². The molecule has 0 radical (unpaired) electrons. The first-order valence-corrected chi connectivity index (χ1v) is 9.97. The summed E-state index contributed by atoms with van der Waals surface area (Å²) in [6, 6.07) is 3.99. The third-order valence-electron chi connectivity index (χ3n) is 3.06. The summed E-state index contributed by atoms with van der Waals surface area (Å²) in [5.74, 6) is 0. The van der Waals surface area contributed by atoms with E-state index in [-0.39, 0.29) is 0 Å². The zero-order chi connectivity index (χ0) is 15.5. The van der Waals surface area contributed by atoms with Crippen LogP contribution in [0, 0.1) is 6.92 Å². The Morgan fingerprint density at radius 1 is 1.10 bits per heavy atom. The molecule has 4 nitrogen and oxygen atoms in total. The molecule has 0 fully saturated rings. The molecule has 0 aliphatic carbocycles. The molecule has 0 bridgehead atoms. The van der Waals surface area contributed by atoms with E-state index in [1.165, 1.54) is 11.3 Å². The van der Waals surface area contributed by atoms with E-state index in [0.717, 1.165) is 15.3 Å². The molecular formula is C14H20N2O2S3. The second-order valence-corrected chi connectivity index (χ2v) is 8.83. The summed E-state index contributed by atoms with van der Waals surface area (Å²) >= 11 is 3.03. The lowest BCUT2D eigenvalue weighted by Crippen LogP contribution is -2.26. The summed E-state index contributed by atoms with van der Waals surface area (Å²) in [4.78, 5) is 2.28. The van der Waals surface area contributed by atoms with E-state index in [1.807, 2.05) is 37.6 Å². The van der Waals surface area contributed by atoms with Gasteiger partial charge in [0.1, 0.15) is 0 Å². The van der Waals surface area contributed by atoms with Gasteiger partial charge in [-0.2, -0.15) is 0 Å². The molecular weight excluding hydrogens is 324 g/mol. The molecule has 0 spiro atoms. The zero-order valence-corrected chi connectivity index (χ0v) is 14.8. The maximum absolute atomic E-state index is 12.4. The van der Waals surface area contributed by atoms with Crippen LogP contribution in [-0.4, -0.2) is 14.5 Å². The van der Waals surface area contributed by atoms with Crippen molar-refractivity contribution in [2.24, 2.45) is 0 Å². The first kappa shape index (κ1) is 16.6. The third-order valence-corrected chi connectivity index (χ3v) is 6.61. The molecule has 2 aromatic rings. The monoisotopic (exact) mass is 344 g/mol. The molecule has 0 atom stereocenters. The summed E-state index contributed by atoms with van der Waals surface area (Å²) < 4.78 is 27.6. The molecule has 0 unspecified atom stereocenters. The van der Waals surface area contributed by atoms with Crippen molar-refractivity contribution in [2.45, 2.75) is 44.8 Å². The normalized spacial score (nSPS) is 12.2. The average Bonchev–Trinajstić information content (AvgIpc) is 3.03. The van der Waals surface area contributed by atoms with Gasteiger partial charge in [0.2, 0.25) is 10.0 Å². The van der Waals surface area contributed by atoms with Crippen LogP contribution in [-0.2, 0) is 23.1 Å². The van der Waals surface area contributed by atoms with Crippen molar-refractivity contribution >= 4 is 32.7 Å². The van der Waals surface area contributed by atoms with Crippen LogP contribution in [0.2, 0.25) is 0 Å². The second-order valence-electron chi connectivity index (χ2n) is 5.09. The molecule has 0 amide bonds. The number of sulfonamides is 1. The molecule has 2 aromatic heterocycles. The van der Waals surface area contributed by atoms with E-state index in [9.17, 15) is 8.42 Å². The number of aryl methyl sites for hydroxylation is 1. The van der Waals surface area contributed by atoms with Crippen molar-refractivity contribution in [2.75, 3.05) is 0 Å². The smallest absolute Gasteiger partial charge is 0.242 e. The molecule has 0 aliphatic rings. The predicted octanol–water partition coefficient (Wildman–Crippen LogP) is 3.09. The van der Waals surface area contributed by atoms with Gasteiger partial charge in [0.15, 0.2) is 0 Å². The van der Waals surface area contributed by atoms with Gasteiger partial charge in [0.05, 0.1) is 4.90 Å². The maximum atomic E-state index is 12.4. The van der Waals surface area contributed by atoms with Crippen molar-refractivity contribution in [3.63, 3.8) is 0 Å². The highest BCUT2D eigenvalue weighted by Gasteiger charge is 2.20. The Balaban J connectivity index is 2.09. The van der Waals surface area contributed by atoms with Gasteiger partial charge in [-0.3, -0.25) is 0 Å². The Hall–Kier alpha value is -0.730. The van der Waals surface area contributed by atoms with E-state index in [1.54, 1.807) is 17.4 Å². The fraction of sp³-hybridized carbons (Fsp3) is 0.429. The second kappa shape index (κ2) is 7.02. The first-order chi connectivity index (χ1) is 9.90. The van der Waals surface area contributed by atoms with Crippen LogP contribution in [0.5, 0.6) is 0 Å². The van der Waals surface area contributed by atoms with E-state index >= 15 is 0 Å². The zero-order valence-electron chi connectivity index (χ0n) is 12.3. The van der Waals surface area contributed by atoms with E-state index < -0.39 is 10.0 Å². The average molecular weight is 345 g/mol. The highest BCUT2D eigenvalue weighted by atomic mass is 32.2. The molecule has 0 aliphatic heterocycles. The van der Waals surface area contributed by atoms with Gasteiger partial charge in [0.25, 0.3) is 0 Å². The Bertz CT molecular complexity index is 687. The summed E-state index contributed by atoms with van der Waals surface area (Å²) in [5, 5.41) is 7.05. The number of thiophene rings is 2. The lowest BCUT2D eigenvalue weighted by Gasteiger charge is -2.10. The minimum absolute atomic E-state index is 0.324. The standard InChI is InChI=1S/C14H20N2O2S3/c1-10(2)15-8-13-14(5-7-20-13)21(17,18)16-9-12-11(3)4-6-19-12/h4-7,10,15-16H,8-9H2,1-3H3. The van der Waals surface area contributed by atoms with Crippen LogP contribution in [0.25, 0.3) is 0 Å². The van der Waals surface area contributed by atoms with Crippen LogP contribution >= 0.6 is 22.7 Å². The fourth-order valence-corrected chi connectivity index (χ4v) is 5.14. The largest absolute Gasteiger partial charge is 0.310 e. The number of nitrogens with one attached hydrogen (secondary N) is 2. The molecule has 0 saturated carbocycles. The number of rotatable bonds is 7. The highest BCUT2D eigenvalue weighted by molar-refractivity contribution is 7.89. The van der Waals surface area contributed by atoms with Crippen LogP contribution in [0.4, 0.5) is 0 Å². The molecule has 21 heavy (non-hydrogen) atoms. The van der Waals surface area contributed by atoms with Crippen molar-refractivity contribution in [1.82, 2.24) is 10.0 Å². The molecule has 0 saturated heterocycles. The van der Waals surface area contributed by atoms with Gasteiger partial charge in [-0.1, -0.05) is 13.8 Å². The topological polar surface area (TPSA) is 58.2 Å². The van der Waals surface area contributed by atoms with E-state index in [2.05, 4.69) is 10.0 Å². The summed E-state index contributed by atoms with van der Waals surface area (Å²) in [7, 11) is -3.46. The Kier molecular flexibility index (Phi) is 5.56. The third kappa shape index (κ3) is 4.37. The highest BCUT2D eigenvalue weighted by Crippen LogP contribution is 2.23. The lowest BCUT2D eigenvalue weighted by molar-refractivity contribution is 0.572. The summed E-state index contributed by atoms with van der Waals surface area (Å²) in [6.45, 7) is 6.99. The Morgan fingerprint density at radius 3 is 2.38 bits per heavy atom. The molecule has 2 rings (SSSR count). The first-order valence-electron chi connectivity index (χ1n) is 6.72. The molecule has 116 valence electrons. The Labute approximate surface area is 134 Å². The van der Waals surface area contributed by atoms with Crippen molar-refractivity contribution in [1.29, 1.82) is 0 Å². The Morgan fingerprint density at radius 2 is 1.76 bits per heavy atom. The maximum Gasteiger partial charge on any atom is 0.242 e. The van der Waals surface area contributed by atoms with E-state index in [4.69, 9.17) is 0 Å². The lowest BCUT2D eigenvalue weighted by atomic mass is 10.3. The molecule has 2 heterocycles. The van der Waals surface area contributed by atoms with Crippen molar-refractivity contribution < 1.29 is 8.42 Å². The van der Waals surface area contributed by atoms with Crippen LogP contribution in [0.1, 0.15) is 29.2 Å². The van der Waals surface area contributed by atoms with Crippen LogP contribution < -0.4 is 10.0 Å². The van der Waals surface area contributed by atoms with Crippen LogP contribution in [0.3, 0.4) is 0 Å². The predicted molar refractivity (Wildman–Crippen MR) is 89.4 cm³/mol. The van der Waals surface area contributed by atoms with Crippen LogP contribution in [0.15, 0.2) is 27.8 Å². The fourth-order valence-electron chi connectivity index (χ4n) is 1.82. The minimum atomic E-state index is -3.46. The molecule has 2 N–H and O–H groups in total. The van der Waals surface area contributed by atoms with Gasteiger partial charge in [0, 0.05) is 28.9 Å². The van der Waals surface area contributed by atoms with Gasteiger partial charge < -0.3 is 5.32 Å². The SMILES string of the molecule is Cc1ccsc1CNS(=O)(=O)c1ccsc1CNC(C)C. The minimum Gasteiger partial charge on any atom is -0.310 e. The van der Waals surface area contributed by atoms with E-state index in [0.29, 0.717) is 24.0 Å². The summed E-state index contributed by atoms with van der Waals surface area (Å²) in [6.07, 6.45) is 0. The van der Waals surface area contributed by atoms with Gasteiger partial charge >= 0.3 is 0 Å². The molecule has 0 aromatic carbocycles. The van der Waals surface area contributed by atoms with Gasteiger partial charge in [-0.25, -0.2) is 13.1 Å². The molecule has 7 heteroatoms. The summed E-state index contributed by atoms with van der Waals surface area (Å²) in [5.41, 5.74) is 1.12. The van der Waals surface area contributed by atoms with Gasteiger partial charge in [-0.15, -0.1) is 22.7 Å². The quantitative estimate of drug-likeness (QED) is 0.811. The van der Waals surface area contributed by atoms with Crippen molar-refractivity contribution in [3.8, 4) is 0 Å².